The van der Waals surface area contributed by atoms with Gasteiger partial charge in [0.05, 0.1) is 5.54 Å². The average molecular weight is 396 g/mol. The molecule has 0 aromatic heterocycles. The topological polar surface area (TPSA) is 12.0 Å². The van der Waals surface area contributed by atoms with Gasteiger partial charge in [-0.05, 0) is 58.5 Å². The maximum absolute atomic E-state index is 3.93. The van der Waals surface area contributed by atoms with Gasteiger partial charge in [0.2, 0.25) is 0 Å². The Kier molecular flexibility index (Phi) is 5.32. The molecule has 0 amide bonds. The zero-order valence-corrected chi connectivity index (χ0v) is 18.9. The monoisotopic (exact) mass is 395 g/mol. The standard InChI is InChI=1S/C29H33N/c1-6-28(3,4)23-17-19-24(20-18-23)29(5,7-2)30-26-14-10-12-22-16-15-21-11-8-9-13-25(21)27(22)26/h8-20,30H,6-7H2,1-5H3. The summed E-state index contributed by atoms with van der Waals surface area (Å²) in [6.45, 7) is 11.5. The molecule has 0 saturated carbocycles. The molecule has 0 spiro atoms. The van der Waals surface area contributed by atoms with E-state index in [1.807, 2.05) is 0 Å². The Morgan fingerprint density at radius 1 is 0.633 bits per heavy atom. The summed E-state index contributed by atoms with van der Waals surface area (Å²) in [6.07, 6.45) is 2.14. The third-order valence-corrected chi connectivity index (χ3v) is 7.07. The van der Waals surface area contributed by atoms with Crippen LogP contribution < -0.4 is 5.32 Å². The minimum Gasteiger partial charge on any atom is -0.375 e. The Morgan fingerprint density at radius 2 is 1.27 bits per heavy atom. The van der Waals surface area contributed by atoms with Gasteiger partial charge in [0, 0.05) is 11.1 Å². The van der Waals surface area contributed by atoms with Gasteiger partial charge in [-0.2, -0.15) is 0 Å². The van der Waals surface area contributed by atoms with E-state index in [1.54, 1.807) is 0 Å². The summed E-state index contributed by atoms with van der Waals surface area (Å²) in [5.74, 6) is 0. The fourth-order valence-corrected chi connectivity index (χ4v) is 4.32. The fraction of sp³-hybridized carbons (Fsp3) is 0.310. The molecule has 4 rings (SSSR count). The van der Waals surface area contributed by atoms with E-state index in [1.165, 1.54) is 38.4 Å². The molecule has 0 radical (unpaired) electrons. The van der Waals surface area contributed by atoms with Crippen LogP contribution in [0.5, 0.6) is 0 Å². The molecule has 1 nitrogen and oxygen atoms in total. The number of hydrogen-bond acceptors (Lipinski definition) is 1. The zero-order valence-electron chi connectivity index (χ0n) is 18.9. The summed E-state index contributed by atoms with van der Waals surface area (Å²) in [4.78, 5) is 0. The van der Waals surface area contributed by atoms with Crippen LogP contribution in [0.1, 0.15) is 58.6 Å². The lowest BCUT2D eigenvalue weighted by atomic mass is 9.80. The van der Waals surface area contributed by atoms with Gasteiger partial charge in [-0.1, -0.05) is 100 Å². The summed E-state index contributed by atoms with van der Waals surface area (Å²) in [6, 6.07) is 28.9. The second-order valence-electron chi connectivity index (χ2n) is 9.32. The molecular weight excluding hydrogens is 362 g/mol. The van der Waals surface area contributed by atoms with Crippen molar-refractivity contribution in [1.82, 2.24) is 0 Å². The van der Waals surface area contributed by atoms with E-state index in [9.17, 15) is 0 Å². The van der Waals surface area contributed by atoms with Gasteiger partial charge in [-0.3, -0.25) is 0 Å². The van der Waals surface area contributed by atoms with E-state index in [0.29, 0.717) is 0 Å². The summed E-state index contributed by atoms with van der Waals surface area (Å²) in [5.41, 5.74) is 4.01. The molecule has 0 bridgehead atoms. The van der Waals surface area contributed by atoms with Crippen molar-refractivity contribution in [3.63, 3.8) is 0 Å². The molecule has 0 aliphatic heterocycles. The molecule has 1 atom stereocenters. The summed E-state index contributed by atoms with van der Waals surface area (Å²) >= 11 is 0. The van der Waals surface area contributed by atoms with Crippen molar-refractivity contribution in [2.45, 2.75) is 58.4 Å². The predicted molar refractivity (Wildman–Crippen MR) is 132 cm³/mol. The Morgan fingerprint density at radius 3 is 1.97 bits per heavy atom. The quantitative estimate of drug-likeness (QED) is 0.323. The zero-order chi connectivity index (χ0) is 21.4. The van der Waals surface area contributed by atoms with Crippen molar-refractivity contribution in [3.8, 4) is 0 Å². The molecule has 30 heavy (non-hydrogen) atoms. The van der Waals surface area contributed by atoms with Crippen molar-refractivity contribution in [2.24, 2.45) is 0 Å². The van der Waals surface area contributed by atoms with E-state index < -0.39 is 0 Å². The molecule has 1 heteroatoms. The molecule has 4 aromatic rings. The maximum atomic E-state index is 3.93. The van der Waals surface area contributed by atoms with Gasteiger partial charge >= 0.3 is 0 Å². The first kappa shape index (κ1) is 20.5. The van der Waals surface area contributed by atoms with Gasteiger partial charge in [-0.15, -0.1) is 0 Å². The van der Waals surface area contributed by atoms with Gasteiger partial charge in [0.1, 0.15) is 0 Å². The third kappa shape index (κ3) is 3.58. The van der Waals surface area contributed by atoms with Crippen LogP contribution in [0.15, 0.2) is 78.9 Å². The first-order chi connectivity index (χ1) is 14.4. The van der Waals surface area contributed by atoms with Crippen LogP contribution in [0.2, 0.25) is 0 Å². The molecule has 0 aliphatic carbocycles. The normalized spacial score (nSPS) is 14.0. The maximum Gasteiger partial charge on any atom is 0.0594 e. The van der Waals surface area contributed by atoms with Crippen LogP contribution in [0.25, 0.3) is 21.5 Å². The highest BCUT2D eigenvalue weighted by molar-refractivity contribution is 6.13. The van der Waals surface area contributed by atoms with Gasteiger partial charge in [0.25, 0.3) is 0 Å². The highest BCUT2D eigenvalue weighted by Gasteiger charge is 2.26. The molecule has 1 N–H and O–H groups in total. The van der Waals surface area contributed by atoms with Crippen LogP contribution in [0, 0.1) is 0 Å². The number of fused-ring (bicyclic) bond motifs is 3. The first-order valence-corrected chi connectivity index (χ1v) is 11.2. The Hall–Kier alpha value is -2.80. The molecule has 0 heterocycles. The second kappa shape index (κ2) is 7.80. The summed E-state index contributed by atoms with van der Waals surface area (Å²) in [7, 11) is 0. The van der Waals surface area contributed by atoms with Crippen LogP contribution >= 0.6 is 0 Å². The van der Waals surface area contributed by atoms with Crippen LogP contribution in [0.4, 0.5) is 5.69 Å². The number of hydrogen-bond donors (Lipinski definition) is 1. The van der Waals surface area contributed by atoms with Gasteiger partial charge in [0.15, 0.2) is 0 Å². The van der Waals surface area contributed by atoms with Crippen molar-refractivity contribution in [3.05, 3.63) is 90.0 Å². The third-order valence-electron chi connectivity index (χ3n) is 7.07. The Bertz CT molecular complexity index is 1170. The molecule has 0 fully saturated rings. The van der Waals surface area contributed by atoms with Crippen LogP contribution in [-0.2, 0) is 11.0 Å². The number of benzene rings is 4. The highest BCUT2D eigenvalue weighted by atomic mass is 15.0. The van der Waals surface area contributed by atoms with Gasteiger partial charge < -0.3 is 5.32 Å². The Labute approximate surface area is 181 Å². The number of nitrogens with one attached hydrogen (secondary N) is 1. The predicted octanol–water partition coefficient (Wildman–Crippen LogP) is 8.42. The lowest BCUT2D eigenvalue weighted by Crippen LogP contribution is -2.31. The number of rotatable bonds is 6. The fourth-order valence-electron chi connectivity index (χ4n) is 4.32. The molecule has 154 valence electrons. The average Bonchev–Trinajstić information content (AvgIpc) is 2.79. The lowest BCUT2D eigenvalue weighted by Gasteiger charge is -2.33. The minimum atomic E-state index is -0.139. The van der Waals surface area contributed by atoms with Crippen molar-refractivity contribution in [1.29, 1.82) is 0 Å². The smallest absolute Gasteiger partial charge is 0.0594 e. The number of anilines is 1. The first-order valence-electron chi connectivity index (χ1n) is 11.2. The van der Waals surface area contributed by atoms with E-state index in [0.717, 1.165) is 12.8 Å². The van der Waals surface area contributed by atoms with E-state index in [2.05, 4.69) is 119 Å². The molecule has 0 saturated heterocycles. The van der Waals surface area contributed by atoms with Gasteiger partial charge in [-0.25, -0.2) is 0 Å². The largest absolute Gasteiger partial charge is 0.375 e. The van der Waals surface area contributed by atoms with E-state index in [-0.39, 0.29) is 11.0 Å². The summed E-state index contributed by atoms with van der Waals surface area (Å²) < 4.78 is 0. The second-order valence-corrected chi connectivity index (χ2v) is 9.32. The molecule has 0 aliphatic rings. The SMILES string of the molecule is CCC(C)(C)c1ccc(C(C)(CC)Nc2cccc3ccc4ccccc4c23)cc1. The lowest BCUT2D eigenvalue weighted by molar-refractivity contribution is 0.501. The van der Waals surface area contributed by atoms with Crippen LogP contribution in [-0.4, -0.2) is 0 Å². The highest BCUT2D eigenvalue weighted by Crippen LogP contribution is 2.37. The molecule has 4 aromatic carbocycles. The minimum absolute atomic E-state index is 0.139. The van der Waals surface area contributed by atoms with Crippen LogP contribution in [0.3, 0.4) is 0 Å². The van der Waals surface area contributed by atoms with Crippen molar-refractivity contribution in [2.75, 3.05) is 5.32 Å². The molecular formula is C29H33N. The van der Waals surface area contributed by atoms with E-state index >= 15 is 0 Å². The molecule has 1 unspecified atom stereocenters. The van der Waals surface area contributed by atoms with Crippen molar-refractivity contribution >= 4 is 27.2 Å². The summed E-state index contributed by atoms with van der Waals surface area (Å²) in [5, 5.41) is 9.09. The van der Waals surface area contributed by atoms with Crippen molar-refractivity contribution < 1.29 is 0 Å². The van der Waals surface area contributed by atoms with E-state index in [4.69, 9.17) is 0 Å². The Balaban J connectivity index is 1.78.